The van der Waals surface area contributed by atoms with Gasteiger partial charge in [0.05, 0.1) is 22.5 Å². The molecule has 37 heavy (non-hydrogen) atoms. The Hall–Kier alpha value is -2.27. The van der Waals surface area contributed by atoms with Crippen LogP contribution in [0.4, 0.5) is 13.2 Å². The van der Waals surface area contributed by atoms with E-state index in [0.29, 0.717) is 33.2 Å². The fourth-order valence-electron chi connectivity index (χ4n) is 5.47. The molecule has 2 fully saturated rings. The van der Waals surface area contributed by atoms with E-state index in [1.54, 1.807) is 6.07 Å². The first-order valence-corrected chi connectivity index (χ1v) is 13.6. The third kappa shape index (κ3) is 5.21. The van der Waals surface area contributed by atoms with Gasteiger partial charge in [0.1, 0.15) is 12.4 Å². The molecule has 0 bridgehead atoms. The molecule has 1 amide bonds. The zero-order chi connectivity index (χ0) is 26.5. The van der Waals surface area contributed by atoms with Gasteiger partial charge in [0, 0.05) is 53.6 Å². The lowest BCUT2D eigenvalue weighted by Crippen LogP contribution is -2.54. The van der Waals surface area contributed by atoms with E-state index in [0.717, 1.165) is 45.9 Å². The maximum Gasteiger partial charge on any atom is 0.408 e. The summed E-state index contributed by atoms with van der Waals surface area (Å²) in [6.07, 6.45) is -3.26. The number of rotatable bonds is 5. The Morgan fingerprint density at radius 3 is 2.57 bits per heavy atom. The van der Waals surface area contributed by atoms with E-state index in [2.05, 4.69) is 34.0 Å². The van der Waals surface area contributed by atoms with Crippen molar-refractivity contribution in [1.29, 1.82) is 0 Å². The number of amides is 1. The molecule has 1 aromatic carbocycles. The largest absolute Gasteiger partial charge is 0.408 e. The van der Waals surface area contributed by atoms with Crippen molar-refractivity contribution in [1.82, 2.24) is 25.1 Å². The normalized spacial score (nSPS) is 23.4. The molecule has 4 heterocycles. The predicted molar refractivity (Wildman–Crippen MR) is 140 cm³/mol. The molecule has 0 spiro atoms. The van der Waals surface area contributed by atoms with Crippen LogP contribution in [0.15, 0.2) is 24.5 Å². The number of hydrogen-bond acceptors (Lipinski definition) is 6. The van der Waals surface area contributed by atoms with Gasteiger partial charge in [0.15, 0.2) is 0 Å². The van der Waals surface area contributed by atoms with E-state index in [-0.39, 0.29) is 19.4 Å². The second-order valence-corrected chi connectivity index (χ2v) is 11.6. The number of alkyl halides is 3. The molecule has 3 aromatic rings. The Morgan fingerprint density at radius 1 is 1.14 bits per heavy atom. The van der Waals surface area contributed by atoms with Crippen LogP contribution in [-0.2, 0) is 17.9 Å². The van der Waals surface area contributed by atoms with Crippen molar-refractivity contribution in [3.05, 3.63) is 45.6 Å². The SMILES string of the molecule is Cc1cc(Cl)cc(-c2ncnc3cc(CN4C(=O)CCC4C(F)(F)F)sc23)c1CN1[C@@H](C)CNC[C@@H]1C. The lowest BCUT2D eigenvalue weighted by atomic mass is 9.96. The number of fused-ring (bicyclic) bond motifs is 1. The van der Waals surface area contributed by atoms with Crippen LogP contribution in [0.5, 0.6) is 0 Å². The number of nitrogens with zero attached hydrogens (tertiary/aromatic N) is 4. The summed E-state index contributed by atoms with van der Waals surface area (Å²) in [5.74, 6) is -0.474. The average Bonchev–Trinajstić information content (AvgIpc) is 3.40. The van der Waals surface area contributed by atoms with Crippen LogP contribution in [0, 0.1) is 6.92 Å². The number of benzene rings is 1. The van der Waals surface area contributed by atoms with Crippen LogP contribution in [0.25, 0.3) is 21.5 Å². The molecule has 2 aromatic heterocycles. The van der Waals surface area contributed by atoms with Gasteiger partial charge in [-0.25, -0.2) is 9.97 Å². The predicted octanol–water partition coefficient (Wildman–Crippen LogP) is 5.56. The van der Waals surface area contributed by atoms with E-state index in [9.17, 15) is 18.0 Å². The molecule has 0 saturated carbocycles. The highest BCUT2D eigenvalue weighted by Crippen LogP contribution is 2.39. The highest BCUT2D eigenvalue weighted by molar-refractivity contribution is 7.19. The Morgan fingerprint density at radius 2 is 1.86 bits per heavy atom. The van der Waals surface area contributed by atoms with E-state index in [1.165, 1.54) is 17.7 Å². The fraction of sp³-hybridized carbons (Fsp3) is 0.500. The topological polar surface area (TPSA) is 61.4 Å². The molecule has 1 unspecified atom stereocenters. The fourth-order valence-corrected chi connectivity index (χ4v) is 6.86. The van der Waals surface area contributed by atoms with Gasteiger partial charge in [-0.15, -0.1) is 11.3 Å². The molecule has 3 atom stereocenters. The second-order valence-electron chi connectivity index (χ2n) is 10.0. The molecular weight excluding hydrogens is 523 g/mol. The summed E-state index contributed by atoms with van der Waals surface area (Å²) in [6.45, 7) is 8.89. The number of nitrogens with one attached hydrogen (secondary N) is 1. The summed E-state index contributed by atoms with van der Waals surface area (Å²) >= 11 is 7.84. The number of hydrogen-bond donors (Lipinski definition) is 1. The Balaban J connectivity index is 1.54. The van der Waals surface area contributed by atoms with Crippen LogP contribution in [-0.4, -0.2) is 63.1 Å². The lowest BCUT2D eigenvalue weighted by Gasteiger charge is -2.40. The van der Waals surface area contributed by atoms with Crippen LogP contribution in [0.3, 0.4) is 0 Å². The van der Waals surface area contributed by atoms with Crippen LogP contribution < -0.4 is 5.32 Å². The smallest absolute Gasteiger partial charge is 0.325 e. The van der Waals surface area contributed by atoms with Gasteiger partial charge in [0.25, 0.3) is 0 Å². The summed E-state index contributed by atoms with van der Waals surface area (Å²) in [4.78, 5) is 25.3. The van der Waals surface area contributed by atoms with E-state index >= 15 is 0 Å². The Bertz CT molecular complexity index is 1320. The molecule has 5 rings (SSSR count). The number of halogens is 4. The number of carbonyl (C=O) groups is 1. The first-order valence-electron chi connectivity index (χ1n) is 12.4. The summed E-state index contributed by atoms with van der Waals surface area (Å²) in [7, 11) is 0. The van der Waals surface area contributed by atoms with Crippen LogP contribution >= 0.6 is 22.9 Å². The molecule has 2 aliphatic rings. The minimum Gasteiger partial charge on any atom is -0.325 e. The number of likely N-dealkylation sites (tertiary alicyclic amines) is 1. The third-order valence-corrected chi connectivity index (χ3v) is 8.77. The van der Waals surface area contributed by atoms with Crippen LogP contribution in [0.2, 0.25) is 5.02 Å². The number of carbonyl (C=O) groups excluding carboxylic acids is 1. The molecule has 6 nitrogen and oxygen atoms in total. The van der Waals surface area contributed by atoms with Crippen molar-refractivity contribution in [2.24, 2.45) is 0 Å². The number of thiophene rings is 1. The Kier molecular flexibility index (Phi) is 7.21. The summed E-state index contributed by atoms with van der Waals surface area (Å²) in [5, 5.41) is 4.06. The molecular formula is C26H29ClF3N5OS. The molecule has 198 valence electrons. The third-order valence-electron chi connectivity index (χ3n) is 7.44. The summed E-state index contributed by atoms with van der Waals surface area (Å²) in [6, 6.07) is 4.58. The van der Waals surface area contributed by atoms with Gasteiger partial charge in [-0.3, -0.25) is 9.69 Å². The zero-order valence-electron chi connectivity index (χ0n) is 20.9. The number of piperazine rings is 1. The molecule has 1 N–H and O–H groups in total. The van der Waals surface area contributed by atoms with Crippen molar-refractivity contribution in [2.45, 2.75) is 71.0 Å². The molecule has 2 aliphatic heterocycles. The average molecular weight is 552 g/mol. The van der Waals surface area contributed by atoms with Crippen molar-refractivity contribution in [3.63, 3.8) is 0 Å². The van der Waals surface area contributed by atoms with E-state index in [4.69, 9.17) is 11.6 Å². The van der Waals surface area contributed by atoms with Crippen LogP contribution in [0.1, 0.15) is 42.7 Å². The number of aryl methyl sites for hydroxylation is 1. The van der Waals surface area contributed by atoms with Crippen molar-refractivity contribution >= 4 is 39.1 Å². The maximum absolute atomic E-state index is 13.5. The first-order chi connectivity index (χ1) is 17.5. The van der Waals surface area contributed by atoms with Gasteiger partial charge in [-0.05, 0) is 56.5 Å². The van der Waals surface area contributed by atoms with Crippen molar-refractivity contribution in [3.8, 4) is 11.3 Å². The quantitative estimate of drug-likeness (QED) is 0.450. The number of aromatic nitrogens is 2. The lowest BCUT2D eigenvalue weighted by molar-refractivity contribution is -0.181. The minimum absolute atomic E-state index is 0.0891. The molecule has 2 saturated heterocycles. The standard InChI is InChI=1S/C26H29ClF3N5OS/c1-14-6-17(27)7-19(20(14)12-34-15(2)9-31-10-16(34)3)24-25-21(32-13-33-24)8-18(37-25)11-35-22(26(28,29)30)4-5-23(35)36/h6-8,13,15-16,22,31H,4-5,9-12H2,1-3H3/t15-,16-,22?/m0/s1. The van der Waals surface area contributed by atoms with E-state index in [1.807, 2.05) is 19.1 Å². The second kappa shape index (κ2) is 10.1. The highest BCUT2D eigenvalue weighted by atomic mass is 35.5. The summed E-state index contributed by atoms with van der Waals surface area (Å²) in [5.41, 5.74) is 4.42. The molecule has 0 aliphatic carbocycles. The van der Waals surface area contributed by atoms with Crippen molar-refractivity contribution < 1.29 is 18.0 Å². The Labute approximate surface area is 222 Å². The van der Waals surface area contributed by atoms with Gasteiger partial charge in [-0.2, -0.15) is 13.2 Å². The molecule has 11 heteroatoms. The van der Waals surface area contributed by atoms with Gasteiger partial charge in [-0.1, -0.05) is 11.6 Å². The zero-order valence-corrected chi connectivity index (χ0v) is 22.5. The first kappa shape index (κ1) is 26.3. The molecule has 0 radical (unpaired) electrons. The van der Waals surface area contributed by atoms with Gasteiger partial charge in [0.2, 0.25) is 5.91 Å². The van der Waals surface area contributed by atoms with Gasteiger partial charge < -0.3 is 10.2 Å². The van der Waals surface area contributed by atoms with Gasteiger partial charge >= 0.3 is 6.18 Å². The van der Waals surface area contributed by atoms with Crippen molar-refractivity contribution in [2.75, 3.05) is 13.1 Å². The highest BCUT2D eigenvalue weighted by Gasteiger charge is 2.49. The van der Waals surface area contributed by atoms with E-state index < -0.39 is 18.1 Å². The monoisotopic (exact) mass is 551 g/mol. The minimum atomic E-state index is -4.45. The summed E-state index contributed by atoms with van der Waals surface area (Å²) < 4.78 is 41.3. The maximum atomic E-state index is 13.5.